The molecular weight excluding hydrogens is 282 g/mol. The molecule has 0 atom stereocenters. The minimum absolute atomic E-state index is 0.265. The normalized spacial score (nSPS) is 12.2. The summed E-state index contributed by atoms with van der Waals surface area (Å²) in [4.78, 5) is 8.41. The van der Waals surface area contributed by atoms with Crippen molar-refractivity contribution in [3.63, 3.8) is 0 Å². The smallest absolute Gasteiger partial charge is 0.164 e. The quantitative estimate of drug-likeness (QED) is 0.736. The van der Waals surface area contributed by atoms with Gasteiger partial charge in [-0.1, -0.05) is 5.16 Å². The Morgan fingerprint density at radius 3 is 2.59 bits per heavy atom. The van der Waals surface area contributed by atoms with E-state index in [1.807, 2.05) is 32.4 Å². The third-order valence-electron chi connectivity index (χ3n) is 3.54. The van der Waals surface area contributed by atoms with Gasteiger partial charge in [-0.3, -0.25) is 0 Å². The van der Waals surface area contributed by atoms with Crippen LogP contribution in [0.5, 0.6) is 0 Å². The van der Waals surface area contributed by atoms with Gasteiger partial charge < -0.3 is 16.0 Å². The van der Waals surface area contributed by atoms with Crippen LogP contribution in [-0.4, -0.2) is 24.9 Å². The van der Waals surface area contributed by atoms with E-state index >= 15 is 0 Å². The molecule has 0 aromatic carbocycles. The van der Waals surface area contributed by atoms with E-state index in [9.17, 15) is 0 Å². The first-order chi connectivity index (χ1) is 10.3. The maximum atomic E-state index is 6.06. The number of aromatic nitrogens is 5. The number of anilines is 1. The number of rotatable bonds is 2. The first-order valence-corrected chi connectivity index (χ1v) is 7.00. The predicted molar refractivity (Wildman–Crippen MR) is 82.9 cm³/mol. The van der Waals surface area contributed by atoms with Gasteiger partial charge in [-0.15, -0.1) is 0 Å². The van der Waals surface area contributed by atoms with Crippen LogP contribution in [-0.2, 0) is 12.1 Å². The zero-order valence-electron chi connectivity index (χ0n) is 13.1. The molecule has 3 aromatic heterocycles. The fourth-order valence-corrected chi connectivity index (χ4v) is 2.43. The Balaban J connectivity index is 2.40. The van der Waals surface area contributed by atoms with Crippen molar-refractivity contribution in [3.8, 4) is 11.4 Å². The average Bonchev–Trinajstić information content (AvgIpc) is 2.99. The summed E-state index contributed by atoms with van der Waals surface area (Å²) in [6.07, 6.45) is 1.43. The van der Waals surface area contributed by atoms with Crippen LogP contribution in [0, 0.1) is 6.92 Å². The van der Waals surface area contributed by atoms with Crippen molar-refractivity contribution < 1.29 is 4.52 Å². The van der Waals surface area contributed by atoms with Gasteiger partial charge in [-0.25, -0.2) is 14.6 Å². The second-order valence-electron chi connectivity index (χ2n) is 6.16. The lowest BCUT2D eigenvalue weighted by atomic mass is 10.1. The van der Waals surface area contributed by atoms with Gasteiger partial charge in [0, 0.05) is 12.1 Å². The molecule has 0 unspecified atom stereocenters. The molecule has 0 amide bonds. The number of nitrogen functional groups attached to an aromatic ring is 1. The van der Waals surface area contributed by atoms with Gasteiger partial charge in [0.05, 0.1) is 10.9 Å². The first-order valence-electron chi connectivity index (χ1n) is 7.00. The number of nitrogens with zero attached hydrogens (tertiary/aromatic N) is 5. The fraction of sp³-hybridized carbons (Fsp3) is 0.429. The molecule has 0 saturated heterocycles. The lowest BCUT2D eigenvalue weighted by molar-refractivity contribution is 0.366. The summed E-state index contributed by atoms with van der Waals surface area (Å²) < 4.78 is 7.08. The zero-order chi connectivity index (χ0) is 16.1. The minimum atomic E-state index is -0.265. The number of aryl methyl sites for hydroxylation is 1. The van der Waals surface area contributed by atoms with Crippen molar-refractivity contribution in [2.45, 2.75) is 39.8 Å². The van der Waals surface area contributed by atoms with Gasteiger partial charge in [0.25, 0.3) is 0 Å². The molecule has 0 saturated carbocycles. The lowest BCUT2D eigenvalue weighted by Crippen LogP contribution is -2.23. The van der Waals surface area contributed by atoms with Crippen LogP contribution in [0.3, 0.4) is 0 Å². The molecule has 3 aromatic rings. The minimum Gasteiger partial charge on any atom is -0.383 e. The molecule has 0 aliphatic heterocycles. The molecule has 0 aliphatic carbocycles. The second-order valence-corrected chi connectivity index (χ2v) is 6.16. The van der Waals surface area contributed by atoms with Crippen molar-refractivity contribution in [2.75, 3.05) is 5.73 Å². The molecule has 0 fully saturated rings. The van der Waals surface area contributed by atoms with E-state index in [4.69, 9.17) is 16.0 Å². The van der Waals surface area contributed by atoms with Crippen LogP contribution in [0.15, 0.2) is 10.9 Å². The Morgan fingerprint density at radius 2 is 1.95 bits per heavy atom. The SMILES string of the molecule is Cc1onc(-c2nn(C(C)(C)C)c3ncnc(N)c23)c1CN. The van der Waals surface area contributed by atoms with Gasteiger partial charge in [0.1, 0.15) is 29.3 Å². The molecule has 8 nitrogen and oxygen atoms in total. The molecule has 0 aliphatic rings. The average molecular weight is 301 g/mol. The molecule has 22 heavy (non-hydrogen) atoms. The molecule has 4 N–H and O–H groups in total. The highest BCUT2D eigenvalue weighted by molar-refractivity contribution is 5.98. The molecule has 8 heteroatoms. The maximum Gasteiger partial charge on any atom is 0.164 e. The second kappa shape index (κ2) is 4.77. The highest BCUT2D eigenvalue weighted by Crippen LogP contribution is 2.34. The molecule has 3 rings (SSSR count). The number of hydrogen-bond acceptors (Lipinski definition) is 7. The number of hydrogen-bond donors (Lipinski definition) is 2. The third-order valence-corrected chi connectivity index (χ3v) is 3.54. The maximum absolute atomic E-state index is 6.06. The summed E-state index contributed by atoms with van der Waals surface area (Å²) in [7, 11) is 0. The van der Waals surface area contributed by atoms with E-state index in [1.54, 1.807) is 0 Å². The Kier molecular flexibility index (Phi) is 3.13. The fourth-order valence-electron chi connectivity index (χ4n) is 2.43. The van der Waals surface area contributed by atoms with Crippen molar-refractivity contribution in [2.24, 2.45) is 5.73 Å². The van der Waals surface area contributed by atoms with Gasteiger partial charge >= 0.3 is 0 Å². The van der Waals surface area contributed by atoms with E-state index in [1.165, 1.54) is 6.33 Å². The topological polar surface area (TPSA) is 122 Å². The summed E-state index contributed by atoms with van der Waals surface area (Å²) in [5.74, 6) is 1.03. The van der Waals surface area contributed by atoms with Gasteiger partial charge in [0.2, 0.25) is 0 Å². The monoisotopic (exact) mass is 301 g/mol. The van der Waals surface area contributed by atoms with Crippen LogP contribution < -0.4 is 11.5 Å². The Morgan fingerprint density at radius 1 is 1.23 bits per heavy atom. The van der Waals surface area contributed by atoms with Crippen molar-refractivity contribution >= 4 is 16.9 Å². The van der Waals surface area contributed by atoms with Crippen molar-refractivity contribution in [1.29, 1.82) is 0 Å². The largest absolute Gasteiger partial charge is 0.383 e. The van der Waals surface area contributed by atoms with Crippen LogP contribution in [0.1, 0.15) is 32.1 Å². The summed E-state index contributed by atoms with van der Waals surface area (Å²) in [5.41, 5.74) is 14.3. The van der Waals surface area contributed by atoms with Crippen molar-refractivity contribution in [1.82, 2.24) is 24.9 Å². The standard InChI is InChI=1S/C14H19N7O/c1-7-8(5-15)10(20-22-7)11-9-12(16)17-6-18-13(9)21(19-11)14(2,3)4/h6H,5,15H2,1-4H3,(H2,16,17,18). The van der Waals surface area contributed by atoms with Crippen LogP contribution >= 0.6 is 0 Å². The highest BCUT2D eigenvalue weighted by atomic mass is 16.5. The van der Waals surface area contributed by atoms with Crippen LogP contribution in [0.25, 0.3) is 22.4 Å². The van der Waals surface area contributed by atoms with E-state index in [2.05, 4.69) is 20.2 Å². The van der Waals surface area contributed by atoms with Gasteiger partial charge in [-0.2, -0.15) is 5.10 Å². The summed E-state index contributed by atoms with van der Waals surface area (Å²) in [6.45, 7) is 8.25. The zero-order valence-corrected chi connectivity index (χ0v) is 13.1. The summed E-state index contributed by atoms with van der Waals surface area (Å²) in [6, 6.07) is 0. The highest BCUT2D eigenvalue weighted by Gasteiger charge is 2.27. The Hall–Kier alpha value is -2.48. The van der Waals surface area contributed by atoms with E-state index in [0.29, 0.717) is 40.5 Å². The van der Waals surface area contributed by atoms with E-state index < -0.39 is 0 Å². The van der Waals surface area contributed by atoms with Crippen LogP contribution in [0.4, 0.5) is 5.82 Å². The van der Waals surface area contributed by atoms with Gasteiger partial charge in [0.15, 0.2) is 5.65 Å². The molecule has 0 spiro atoms. The Bertz CT molecular complexity index is 841. The number of fused-ring (bicyclic) bond motifs is 1. The van der Waals surface area contributed by atoms with Crippen LogP contribution in [0.2, 0.25) is 0 Å². The predicted octanol–water partition coefficient (Wildman–Crippen LogP) is 1.59. The summed E-state index contributed by atoms with van der Waals surface area (Å²) >= 11 is 0. The molecular formula is C14H19N7O. The van der Waals surface area contributed by atoms with Gasteiger partial charge in [-0.05, 0) is 27.7 Å². The first kappa shape index (κ1) is 14.5. The summed E-state index contributed by atoms with van der Waals surface area (Å²) in [5, 5.41) is 9.44. The lowest BCUT2D eigenvalue weighted by Gasteiger charge is -2.19. The van der Waals surface area contributed by atoms with Crippen molar-refractivity contribution in [3.05, 3.63) is 17.7 Å². The molecule has 116 valence electrons. The van der Waals surface area contributed by atoms with E-state index in [-0.39, 0.29) is 5.54 Å². The molecule has 3 heterocycles. The number of nitrogens with two attached hydrogens (primary N) is 2. The van der Waals surface area contributed by atoms with E-state index in [0.717, 1.165) is 5.56 Å². The Labute approximate surface area is 127 Å². The molecule has 0 radical (unpaired) electrons. The third kappa shape index (κ3) is 2.03. The molecule has 0 bridgehead atoms.